The first-order chi connectivity index (χ1) is 10.1. The Bertz CT molecular complexity index is 541. The van der Waals surface area contributed by atoms with E-state index in [-0.39, 0.29) is 30.5 Å². The van der Waals surface area contributed by atoms with Crippen molar-refractivity contribution in [2.24, 2.45) is 0 Å². The Labute approximate surface area is 121 Å². The number of amides is 2. The lowest BCUT2D eigenvalue weighted by Gasteiger charge is -2.37. The number of rotatable bonds is 3. The second kappa shape index (κ2) is 5.77. The summed E-state index contributed by atoms with van der Waals surface area (Å²) in [6.07, 6.45) is 3.22. The molecule has 2 amide bonds. The predicted molar refractivity (Wildman–Crippen MR) is 72.0 cm³/mol. The maximum atomic E-state index is 12.3. The first-order valence-corrected chi connectivity index (χ1v) is 7.13. The molecule has 2 N–H and O–H groups in total. The van der Waals surface area contributed by atoms with Crippen LogP contribution in [0.5, 0.6) is 0 Å². The van der Waals surface area contributed by atoms with Crippen molar-refractivity contribution in [1.29, 1.82) is 0 Å². The number of urea groups is 1. The van der Waals surface area contributed by atoms with Crippen LogP contribution in [0.3, 0.4) is 0 Å². The van der Waals surface area contributed by atoms with Gasteiger partial charge in [-0.2, -0.15) is 0 Å². The van der Waals surface area contributed by atoms with Gasteiger partial charge in [-0.05, 0) is 31.4 Å². The van der Waals surface area contributed by atoms with Crippen molar-refractivity contribution in [3.63, 3.8) is 0 Å². The minimum Gasteiger partial charge on any atom is -0.475 e. The highest BCUT2D eigenvalue weighted by Gasteiger charge is 2.38. The molecule has 0 radical (unpaired) electrons. The van der Waals surface area contributed by atoms with E-state index in [1.54, 1.807) is 6.07 Å². The predicted octanol–water partition coefficient (Wildman–Crippen LogP) is 1.44. The zero-order valence-corrected chi connectivity index (χ0v) is 11.6. The van der Waals surface area contributed by atoms with Crippen LogP contribution in [0.1, 0.15) is 35.6 Å². The second-order valence-corrected chi connectivity index (χ2v) is 5.33. The van der Waals surface area contributed by atoms with Crippen LogP contribution in [0.4, 0.5) is 4.79 Å². The highest BCUT2D eigenvalue weighted by Crippen LogP contribution is 2.29. The topological polar surface area (TPSA) is 92.0 Å². The summed E-state index contributed by atoms with van der Waals surface area (Å²) in [7, 11) is 0. The molecule has 0 aromatic carbocycles. The van der Waals surface area contributed by atoms with E-state index in [1.165, 1.54) is 6.07 Å². The molecule has 3 rings (SSSR count). The zero-order valence-electron chi connectivity index (χ0n) is 11.6. The molecule has 1 aliphatic carbocycles. The third-order valence-electron chi connectivity index (χ3n) is 4.03. The van der Waals surface area contributed by atoms with Crippen LogP contribution in [-0.2, 0) is 11.3 Å². The number of carboxylic acids is 1. The van der Waals surface area contributed by atoms with E-state index in [0.717, 1.165) is 19.3 Å². The van der Waals surface area contributed by atoms with E-state index in [2.05, 4.69) is 5.32 Å². The minimum absolute atomic E-state index is 0.124. The molecule has 2 aliphatic rings. The van der Waals surface area contributed by atoms with Gasteiger partial charge in [0, 0.05) is 6.54 Å². The van der Waals surface area contributed by atoms with Crippen molar-refractivity contribution in [3.8, 4) is 0 Å². The number of aromatic carboxylic acids is 1. The van der Waals surface area contributed by atoms with Gasteiger partial charge in [0.05, 0.1) is 25.3 Å². The SMILES string of the molecule is O=C(O)c1ccc(CNC(=O)N2CCOC3CCCC32)o1. The van der Waals surface area contributed by atoms with Gasteiger partial charge in [0.25, 0.3) is 0 Å². The number of carbonyl (C=O) groups is 2. The third kappa shape index (κ3) is 2.87. The van der Waals surface area contributed by atoms with Gasteiger partial charge in [0.1, 0.15) is 5.76 Å². The van der Waals surface area contributed by atoms with Gasteiger partial charge < -0.3 is 24.5 Å². The Morgan fingerprint density at radius 2 is 2.24 bits per heavy atom. The summed E-state index contributed by atoms with van der Waals surface area (Å²) < 4.78 is 10.8. The van der Waals surface area contributed by atoms with Gasteiger partial charge in [-0.25, -0.2) is 9.59 Å². The van der Waals surface area contributed by atoms with Crippen LogP contribution in [0.25, 0.3) is 0 Å². The average Bonchev–Trinajstić information content (AvgIpc) is 3.12. The van der Waals surface area contributed by atoms with Gasteiger partial charge in [0.15, 0.2) is 0 Å². The van der Waals surface area contributed by atoms with Crippen molar-refractivity contribution >= 4 is 12.0 Å². The number of nitrogens with one attached hydrogen (secondary N) is 1. The molecular formula is C14H18N2O5. The quantitative estimate of drug-likeness (QED) is 0.880. The molecular weight excluding hydrogens is 276 g/mol. The van der Waals surface area contributed by atoms with Crippen molar-refractivity contribution in [2.75, 3.05) is 13.2 Å². The van der Waals surface area contributed by atoms with E-state index >= 15 is 0 Å². The fraction of sp³-hybridized carbons (Fsp3) is 0.571. The summed E-state index contributed by atoms with van der Waals surface area (Å²) >= 11 is 0. The molecule has 1 aromatic heterocycles. The van der Waals surface area contributed by atoms with Crippen LogP contribution in [-0.4, -0.2) is 47.3 Å². The molecule has 2 unspecified atom stereocenters. The second-order valence-electron chi connectivity index (χ2n) is 5.33. The molecule has 2 fully saturated rings. The number of carboxylic acid groups (broad SMARTS) is 1. The lowest BCUT2D eigenvalue weighted by molar-refractivity contribution is -0.0383. The highest BCUT2D eigenvalue weighted by molar-refractivity contribution is 5.84. The Hall–Kier alpha value is -2.02. The summed E-state index contributed by atoms with van der Waals surface area (Å²) in [6.45, 7) is 1.34. The Morgan fingerprint density at radius 1 is 1.38 bits per heavy atom. The van der Waals surface area contributed by atoms with Gasteiger partial charge >= 0.3 is 12.0 Å². The summed E-state index contributed by atoms with van der Waals surface area (Å²) in [5, 5.41) is 11.6. The molecule has 1 saturated heterocycles. The van der Waals surface area contributed by atoms with E-state index in [1.807, 2.05) is 4.90 Å². The standard InChI is InChI=1S/C14H18N2O5/c17-13(18)12-5-4-9(21-12)8-15-14(19)16-6-7-20-11-3-1-2-10(11)16/h4-5,10-11H,1-3,6-8H2,(H,15,19)(H,17,18). The third-order valence-corrected chi connectivity index (χ3v) is 4.03. The van der Waals surface area contributed by atoms with Gasteiger partial charge in [-0.15, -0.1) is 0 Å². The largest absolute Gasteiger partial charge is 0.475 e. The fourth-order valence-electron chi connectivity index (χ4n) is 3.03. The van der Waals surface area contributed by atoms with Gasteiger partial charge in [-0.3, -0.25) is 0 Å². The fourth-order valence-corrected chi connectivity index (χ4v) is 3.03. The van der Waals surface area contributed by atoms with Crippen molar-refractivity contribution in [1.82, 2.24) is 10.2 Å². The number of nitrogens with zero attached hydrogens (tertiary/aromatic N) is 1. The minimum atomic E-state index is -1.12. The van der Waals surface area contributed by atoms with E-state index in [9.17, 15) is 9.59 Å². The highest BCUT2D eigenvalue weighted by atomic mass is 16.5. The molecule has 1 aliphatic heterocycles. The lowest BCUT2D eigenvalue weighted by Crippen LogP contribution is -2.54. The summed E-state index contributed by atoms with van der Waals surface area (Å²) in [6, 6.07) is 2.95. The van der Waals surface area contributed by atoms with Crippen LogP contribution >= 0.6 is 0 Å². The lowest BCUT2D eigenvalue weighted by atomic mass is 10.1. The number of furan rings is 1. The summed E-state index contributed by atoms with van der Waals surface area (Å²) in [4.78, 5) is 24.8. The first kappa shape index (κ1) is 13.9. The van der Waals surface area contributed by atoms with E-state index in [0.29, 0.717) is 18.9 Å². The van der Waals surface area contributed by atoms with Crippen molar-refractivity contribution in [2.45, 2.75) is 38.0 Å². The number of fused-ring (bicyclic) bond motifs is 1. The summed E-state index contributed by atoms with van der Waals surface area (Å²) in [5.74, 6) is -0.812. The number of hydrogen-bond donors (Lipinski definition) is 2. The monoisotopic (exact) mass is 294 g/mol. The normalized spacial score (nSPS) is 24.7. The molecule has 1 saturated carbocycles. The number of ether oxygens (including phenoxy) is 1. The van der Waals surface area contributed by atoms with Crippen LogP contribution < -0.4 is 5.32 Å². The molecule has 2 atom stereocenters. The Kier molecular flexibility index (Phi) is 3.83. The number of hydrogen-bond acceptors (Lipinski definition) is 4. The van der Waals surface area contributed by atoms with Crippen LogP contribution in [0.15, 0.2) is 16.5 Å². The molecule has 2 heterocycles. The molecule has 114 valence electrons. The number of morpholine rings is 1. The van der Waals surface area contributed by atoms with Crippen molar-refractivity contribution < 1.29 is 23.8 Å². The van der Waals surface area contributed by atoms with Crippen molar-refractivity contribution in [3.05, 3.63) is 23.7 Å². The van der Waals surface area contributed by atoms with Crippen LogP contribution in [0.2, 0.25) is 0 Å². The molecule has 0 bridgehead atoms. The summed E-state index contributed by atoms with van der Waals surface area (Å²) in [5.41, 5.74) is 0. The van der Waals surface area contributed by atoms with E-state index < -0.39 is 5.97 Å². The zero-order chi connectivity index (χ0) is 14.8. The number of carbonyl (C=O) groups excluding carboxylic acids is 1. The smallest absolute Gasteiger partial charge is 0.371 e. The molecule has 21 heavy (non-hydrogen) atoms. The van der Waals surface area contributed by atoms with Gasteiger partial charge in [-0.1, -0.05) is 0 Å². The Morgan fingerprint density at radius 3 is 3.00 bits per heavy atom. The molecule has 0 spiro atoms. The molecule has 7 heteroatoms. The molecule has 1 aromatic rings. The molecule has 7 nitrogen and oxygen atoms in total. The van der Waals surface area contributed by atoms with E-state index in [4.69, 9.17) is 14.3 Å². The Balaban J connectivity index is 1.57. The van der Waals surface area contributed by atoms with Crippen LogP contribution in [0, 0.1) is 0 Å². The first-order valence-electron chi connectivity index (χ1n) is 7.13. The maximum Gasteiger partial charge on any atom is 0.371 e. The van der Waals surface area contributed by atoms with Gasteiger partial charge in [0.2, 0.25) is 5.76 Å². The average molecular weight is 294 g/mol. The maximum absolute atomic E-state index is 12.3.